The van der Waals surface area contributed by atoms with Crippen molar-refractivity contribution in [3.63, 3.8) is 0 Å². The first-order valence-corrected chi connectivity index (χ1v) is 8.42. The molecule has 1 atom stereocenters. The van der Waals surface area contributed by atoms with Gasteiger partial charge in [-0.2, -0.15) is 0 Å². The Balaban J connectivity index is 1.76. The molecule has 3 rings (SSSR count). The van der Waals surface area contributed by atoms with Crippen LogP contribution in [0.2, 0.25) is 0 Å². The lowest BCUT2D eigenvalue weighted by molar-refractivity contribution is -0.122. The zero-order chi connectivity index (χ0) is 18.7. The lowest BCUT2D eigenvalue weighted by Gasteiger charge is -2.20. The number of rotatable bonds is 5. The molecule has 1 N–H and O–H groups in total. The molecule has 0 bridgehead atoms. The Bertz CT molecular complexity index is 834. The van der Waals surface area contributed by atoms with Crippen molar-refractivity contribution in [2.24, 2.45) is 5.92 Å². The number of nitrogens with zero attached hydrogens (tertiary/aromatic N) is 1. The van der Waals surface area contributed by atoms with Crippen LogP contribution in [-0.2, 0) is 9.59 Å². The van der Waals surface area contributed by atoms with Crippen molar-refractivity contribution in [2.45, 2.75) is 13.3 Å². The van der Waals surface area contributed by atoms with Crippen LogP contribution in [0.25, 0.3) is 0 Å². The summed E-state index contributed by atoms with van der Waals surface area (Å²) >= 11 is 0. The van der Waals surface area contributed by atoms with Crippen LogP contribution in [0, 0.1) is 12.8 Å². The molecule has 0 radical (unpaired) electrons. The van der Waals surface area contributed by atoms with Crippen LogP contribution in [0.3, 0.4) is 0 Å². The number of hydrogen-bond donors (Lipinski definition) is 1. The van der Waals surface area contributed by atoms with Gasteiger partial charge in [0.2, 0.25) is 11.8 Å². The topological polar surface area (TPSA) is 67.9 Å². The van der Waals surface area contributed by atoms with Crippen molar-refractivity contribution in [3.8, 4) is 11.5 Å². The summed E-state index contributed by atoms with van der Waals surface area (Å²) in [5, 5.41) is 2.92. The number of para-hydroxylation sites is 1. The Labute approximate surface area is 152 Å². The molecule has 1 unspecified atom stereocenters. The number of ether oxygens (including phenoxy) is 2. The number of hydrogen-bond acceptors (Lipinski definition) is 4. The van der Waals surface area contributed by atoms with Gasteiger partial charge in [0.1, 0.15) is 11.5 Å². The van der Waals surface area contributed by atoms with Gasteiger partial charge in [-0.05, 0) is 30.7 Å². The largest absolute Gasteiger partial charge is 0.497 e. The second kappa shape index (κ2) is 7.47. The van der Waals surface area contributed by atoms with E-state index in [4.69, 9.17) is 9.47 Å². The fourth-order valence-corrected chi connectivity index (χ4v) is 3.07. The zero-order valence-electron chi connectivity index (χ0n) is 15.1. The maximum atomic E-state index is 12.6. The summed E-state index contributed by atoms with van der Waals surface area (Å²) in [6.45, 7) is 2.25. The minimum Gasteiger partial charge on any atom is -0.497 e. The van der Waals surface area contributed by atoms with E-state index < -0.39 is 5.92 Å². The maximum Gasteiger partial charge on any atom is 0.229 e. The van der Waals surface area contributed by atoms with Crippen LogP contribution >= 0.6 is 0 Å². The number of amides is 2. The molecule has 6 heteroatoms. The smallest absolute Gasteiger partial charge is 0.229 e. The number of anilines is 2. The molecule has 0 saturated carbocycles. The number of benzene rings is 2. The molecule has 1 aliphatic rings. The lowest BCUT2D eigenvalue weighted by Crippen LogP contribution is -2.28. The lowest BCUT2D eigenvalue weighted by atomic mass is 10.1. The molecule has 0 aliphatic carbocycles. The standard InChI is InChI=1S/C20H22N2O4/c1-13-6-4-5-7-16(13)21-20(24)14-10-19(23)22(12-14)17-9-8-15(25-2)11-18(17)26-3/h4-9,11,14H,10,12H2,1-3H3,(H,21,24). The summed E-state index contributed by atoms with van der Waals surface area (Å²) in [5.74, 6) is 0.527. The third-order valence-corrected chi connectivity index (χ3v) is 4.58. The molecule has 0 spiro atoms. The molecule has 0 aromatic heterocycles. The highest BCUT2D eigenvalue weighted by Crippen LogP contribution is 2.36. The highest BCUT2D eigenvalue weighted by Gasteiger charge is 2.36. The number of carbonyl (C=O) groups is 2. The summed E-state index contributed by atoms with van der Waals surface area (Å²) in [6.07, 6.45) is 0.174. The normalized spacial score (nSPS) is 16.5. The Morgan fingerprint density at radius 3 is 2.62 bits per heavy atom. The van der Waals surface area contributed by atoms with Gasteiger partial charge in [-0.25, -0.2) is 0 Å². The summed E-state index contributed by atoms with van der Waals surface area (Å²) in [5.41, 5.74) is 2.40. The summed E-state index contributed by atoms with van der Waals surface area (Å²) < 4.78 is 10.6. The highest BCUT2D eigenvalue weighted by molar-refractivity contribution is 6.04. The average molecular weight is 354 g/mol. The first kappa shape index (κ1) is 17.8. The Morgan fingerprint density at radius 2 is 1.92 bits per heavy atom. The van der Waals surface area contributed by atoms with Crippen molar-refractivity contribution >= 4 is 23.2 Å². The highest BCUT2D eigenvalue weighted by atomic mass is 16.5. The van der Waals surface area contributed by atoms with E-state index in [0.717, 1.165) is 11.3 Å². The van der Waals surface area contributed by atoms with Gasteiger partial charge in [0, 0.05) is 24.7 Å². The quantitative estimate of drug-likeness (QED) is 0.896. The molecular formula is C20H22N2O4. The first-order chi connectivity index (χ1) is 12.5. The van der Waals surface area contributed by atoms with Crippen molar-refractivity contribution in [2.75, 3.05) is 31.0 Å². The van der Waals surface area contributed by atoms with Crippen molar-refractivity contribution in [1.29, 1.82) is 0 Å². The summed E-state index contributed by atoms with van der Waals surface area (Å²) in [7, 11) is 3.11. The zero-order valence-corrected chi connectivity index (χ0v) is 15.1. The molecule has 1 heterocycles. The number of aryl methyl sites for hydroxylation is 1. The molecule has 6 nitrogen and oxygen atoms in total. The van der Waals surface area contributed by atoms with Crippen LogP contribution in [0.5, 0.6) is 11.5 Å². The van der Waals surface area contributed by atoms with Crippen LogP contribution in [0.4, 0.5) is 11.4 Å². The SMILES string of the molecule is COc1ccc(N2CC(C(=O)Nc3ccccc3C)CC2=O)c(OC)c1. The molecule has 136 valence electrons. The van der Waals surface area contributed by atoms with Crippen LogP contribution in [-0.4, -0.2) is 32.6 Å². The van der Waals surface area contributed by atoms with E-state index >= 15 is 0 Å². The molecule has 1 saturated heterocycles. The minimum atomic E-state index is -0.408. The van der Waals surface area contributed by atoms with Crippen LogP contribution < -0.4 is 19.7 Å². The van der Waals surface area contributed by atoms with Gasteiger partial charge in [-0.1, -0.05) is 18.2 Å². The minimum absolute atomic E-state index is 0.0987. The molecule has 2 aromatic carbocycles. The van der Waals surface area contributed by atoms with Crippen molar-refractivity contribution in [3.05, 3.63) is 48.0 Å². The molecular weight excluding hydrogens is 332 g/mol. The van der Waals surface area contributed by atoms with E-state index in [1.807, 2.05) is 31.2 Å². The monoisotopic (exact) mass is 354 g/mol. The van der Waals surface area contributed by atoms with Gasteiger partial charge >= 0.3 is 0 Å². The number of methoxy groups -OCH3 is 2. The molecule has 1 aliphatic heterocycles. The first-order valence-electron chi connectivity index (χ1n) is 8.42. The van der Waals surface area contributed by atoms with Crippen molar-refractivity contribution < 1.29 is 19.1 Å². The second-order valence-electron chi connectivity index (χ2n) is 6.25. The Kier molecular flexibility index (Phi) is 5.11. The molecule has 1 fully saturated rings. The number of nitrogens with one attached hydrogen (secondary N) is 1. The fourth-order valence-electron chi connectivity index (χ4n) is 3.07. The molecule has 26 heavy (non-hydrogen) atoms. The van der Waals surface area contributed by atoms with E-state index in [9.17, 15) is 9.59 Å². The third-order valence-electron chi connectivity index (χ3n) is 4.58. The Hall–Kier alpha value is -3.02. The maximum absolute atomic E-state index is 12.6. The van der Waals surface area contributed by atoms with Gasteiger partial charge in [0.15, 0.2) is 0 Å². The second-order valence-corrected chi connectivity index (χ2v) is 6.25. The predicted octanol–water partition coefficient (Wildman–Crippen LogP) is 3.00. The fraction of sp³-hybridized carbons (Fsp3) is 0.300. The van der Waals surface area contributed by atoms with E-state index in [0.29, 0.717) is 23.7 Å². The average Bonchev–Trinajstić information content (AvgIpc) is 3.04. The van der Waals surface area contributed by atoms with E-state index in [1.165, 1.54) is 0 Å². The van der Waals surface area contributed by atoms with Crippen LogP contribution in [0.15, 0.2) is 42.5 Å². The van der Waals surface area contributed by atoms with Crippen LogP contribution in [0.1, 0.15) is 12.0 Å². The third kappa shape index (κ3) is 3.49. The van der Waals surface area contributed by atoms with Crippen molar-refractivity contribution in [1.82, 2.24) is 0 Å². The number of carbonyl (C=O) groups excluding carboxylic acids is 2. The van der Waals surface area contributed by atoms with Gasteiger partial charge in [0.25, 0.3) is 0 Å². The Morgan fingerprint density at radius 1 is 1.15 bits per heavy atom. The van der Waals surface area contributed by atoms with E-state index in [2.05, 4.69) is 5.32 Å². The van der Waals surface area contributed by atoms with E-state index in [1.54, 1.807) is 37.3 Å². The van der Waals surface area contributed by atoms with Gasteiger partial charge in [-0.15, -0.1) is 0 Å². The predicted molar refractivity (Wildman–Crippen MR) is 99.8 cm³/mol. The summed E-state index contributed by atoms with van der Waals surface area (Å²) in [6, 6.07) is 12.9. The summed E-state index contributed by atoms with van der Waals surface area (Å²) in [4.78, 5) is 26.7. The van der Waals surface area contributed by atoms with Gasteiger partial charge in [0.05, 0.1) is 25.8 Å². The van der Waals surface area contributed by atoms with E-state index in [-0.39, 0.29) is 18.2 Å². The molecule has 2 aromatic rings. The molecule has 2 amide bonds. The van der Waals surface area contributed by atoms with Gasteiger partial charge < -0.3 is 19.7 Å². The van der Waals surface area contributed by atoms with Gasteiger partial charge in [-0.3, -0.25) is 9.59 Å².